The lowest BCUT2D eigenvalue weighted by atomic mass is 10.0. The largest absolute Gasteiger partial charge is 0.394 e. The molecule has 0 radical (unpaired) electrons. The minimum absolute atomic E-state index is 0.0723. The first kappa shape index (κ1) is 63.8. The lowest BCUT2D eigenvalue weighted by Gasteiger charge is -2.19. The summed E-state index contributed by atoms with van der Waals surface area (Å²) in [5.41, 5.74) is 0. The van der Waals surface area contributed by atoms with Crippen LogP contribution < -0.4 is 5.32 Å². The number of rotatable bonds is 53. The second-order valence-corrected chi connectivity index (χ2v) is 19.7. The van der Waals surface area contributed by atoms with E-state index in [2.05, 4.69) is 79.9 Å². The summed E-state index contributed by atoms with van der Waals surface area (Å²) in [5, 5.41) is 23.2. The summed E-state index contributed by atoms with van der Waals surface area (Å²) in [6.07, 6.45) is 82.2. The van der Waals surface area contributed by atoms with Crippen LogP contribution in [0.3, 0.4) is 0 Å². The maximum atomic E-state index is 12.5. The van der Waals surface area contributed by atoms with Gasteiger partial charge in [-0.15, -0.1) is 0 Å². The fourth-order valence-electron chi connectivity index (χ4n) is 8.78. The van der Waals surface area contributed by atoms with E-state index in [0.29, 0.717) is 6.42 Å². The molecule has 384 valence electrons. The van der Waals surface area contributed by atoms with Crippen molar-refractivity contribution in [2.24, 2.45) is 0 Å². The summed E-state index contributed by atoms with van der Waals surface area (Å²) >= 11 is 0. The van der Waals surface area contributed by atoms with Crippen LogP contribution in [-0.4, -0.2) is 34.9 Å². The average molecular weight is 921 g/mol. The Hall–Kier alpha value is -2.17. The fraction of sp³-hybridized carbons (Fsp3) is 0.790. The van der Waals surface area contributed by atoms with Crippen molar-refractivity contribution < 1.29 is 15.0 Å². The predicted octanol–water partition coefficient (Wildman–Crippen LogP) is 19.4. The van der Waals surface area contributed by atoms with Crippen LogP contribution in [0, 0.1) is 0 Å². The summed E-state index contributed by atoms with van der Waals surface area (Å²) in [5.74, 6) is -0.0723. The molecule has 1 amide bonds. The molecule has 0 spiro atoms. The molecular weight excluding hydrogens is 807 g/mol. The van der Waals surface area contributed by atoms with E-state index >= 15 is 0 Å². The van der Waals surface area contributed by atoms with Crippen LogP contribution in [0.25, 0.3) is 0 Å². The van der Waals surface area contributed by atoms with E-state index in [9.17, 15) is 15.0 Å². The molecule has 0 bridgehead atoms. The average Bonchev–Trinajstić information content (AvgIpc) is 3.32. The van der Waals surface area contributed by atoms with Crippen LogP contribution >= 0.6 is 0 Å². The van der Waals surface area contributed by atoms with Gasteiger partial charge < -0.3 is 15.5 Å². The molecule has 66 heavy (non-hydrogen) atoms. The smallest absolute Gasteiger partial charge is 0.220 e. The molecule has 3 N–H and O–H groups in total. The van der Waals surface area contributed by atoms with Gasteiger partial charge >= 0.3 is 0 Å². The van der Waals surface area contributed by atoms with Crippen LogP contribution in [0.5, 0.6) is 0 Å². The van der Waals surface area contributed by atoms with E-state index in [4.69, 9.17) is 0 Å². The maximum Gasteiger partial charge on any atom is 0.220 e. The Bertz CT molecular complexity index is 1130. The Labute approximate surface area is 412 Å². The fourth-order valence-corrected chi connectivity index (χ4v) is 8.78. The highest BCUT2D eigenvalue weighted by Gasteiger charge is 2.18. The van der Waals surface area contributed by atoms with E-state index < -0.39 is 12.1 Å². The first-order chi connectivity index (χ1) is 32.7. The van der Waals surface area contributed by atoms with Crippen molar-refractivity contribution in [2.45, 2.75) is 309 Å². The molecule has 2 unspecified atom stereocenters. The molecule has 0 fully saturated rings. The molecule has 0 aliphatic heterocycles. The van der Waals surface area contributed by atoms with Crippen LogP contribution in [0.4, 0.5) is 0 Å². The second kappa shape index (κ2) is 57.1. The van der Waals surface area contributed by atoms with Gasteiger partial charge in [0.25, 0.3) is 0 Å². The van der Waals surface area contributed by atoms with E-state index in [1.807, 2.05) is 6.08 Å². The Kier molecular flexibility index (Phi) is 55.3. The van der Waals surface area contributed by atoms with Crippen LogP contribution in [0.1, 0.15) is 296 Å². The van der Waals surface area contributed by atoms with Crippen molar-refractivity contribution >= 4 is 5.91 Å². The molecule has 0 saturated heterocycles. The first-order valence-corrected chi connectivity index (χ1v) is 29.2. The minimum atomic E-state index is -0.866. The molecule has 2 atom stereocenters. The van der Waals surface area contributed by atoms with Gasteiger partial charge in [0.1, 0.15) is 0 Å². The van der Waals surface area contributed by atoms with Crippen molar-refractivity contribution in [1.29, 1.82) is 0 Å². The summed E-state index contributed by atoms with van der Waals surface area (Å²) < 4.78 is 0. The van der Waals surface area contributed by atoms with Crippen molar-refractivity contribution in [2.75, 3.05) is 6.61 Å². The Morgan fingerprint density at radius 2 is 0.682 bits per heavy atom. The number of aliphatic hydroxyl groups excluding tert-OH is 2. The lowest BCUT2D eigenvalue weighted by Crippen LogP contribution is -2.45. The lowest BCUT2D eigenvalue weighted by molar-refractivity contribution is -0.123. The maximum absolute atomic E-state index is 12.5. The van der Waals surface area contributed by atoms with Gasteiger partial charge in [0.15, 0.2) is 0 Å². The number of carbonyl (C=O) groups excluding carboxylic acids is 1. The number of hydrogen-bond donors (Lipinski definition) is 3. The molecule has 0 aliphatic rings. The minimum Gasteiger partial charge on any atom is -0.394 e. The third kappa shape index (κ3) is 52.8. The second-order valence-electron chi connectivity index (χ2n) is 19.7. The summed E-state index contributed by atoms with van der Waals surface area (Å²) in [6, 6.07) is -0.642. The van der Waals surface area contributed by atoms with Crippen molar-refractivity contribution in [3.05, 3.63) is 72.9 Å². The third-order valence-corrected chi connectivity index (χ3v) is 13.2. The van der Waals surface area contributed by atoms with Gasteiger partial charge in [-0.25, -0.2) is 0 Å². The van der Waals surface area contributed by atoms with E-state index in [-0.39, 0.29) is 12.5 Å². The normalized spacial score (nSPS) is 13.3. The summed E-state index contributed by atoms with van der Waals surface area (Å²) in [6.45, 7) is 4.21. The highest BCUT2D eigenvalue weighted by molar-refractivity contribution is 5.76. The van der Waals surface area contributed by atoms with Gasteiger partial charge in [-0.3, -0.25) is 4.79 Å². The number of nitrogens with one attached hydrogen (secondary N) is 1. The topological polar surface area (TPSA) is 69.6 Å². The Morgan fingerprint density at radius 3 is 1.06 bits per heavy atom. The number of allylic oxidation sites excluding steroid dienone is 11. The SMILES string of the molecule is CC/C=C\C/C=C\C/C=C\C/C=C\CCCCCCCCCCCCCCCCCCC(=O)NC(CO)C(O)/C=C/CC/C=C/CCCCCCCCCCCCCCCCCCCCC. The zero-order chi connectivity index (χ0) is 47.7. The van der Waals surface area contributed by atoms with Crippen LogP contribution in [0.15, 0.2) is 72.9 Å². The van der Waals surface area contributed by atoms with Crippen LogP contribution in [-0.2, 0) is 4.79 Å². The third-order valence-electron chi connectivity index (χ3n) is 13.2. The summed E-state index contributed by atoms with van der Waals surface area (Å²) in [7, 11) is 0. The van der Waals surface area contributed by atoms with Crippen LogP contribution in [0.2, 0.25) is 0 Å². The molecule has 0 rings (SSSR count). The molecule has 4 heteroatoms. The number of carbonyl (C=O) groups is 1. The Balaban J connectivity index is 3.52. The Morgan fingerprint density at radius 1 is 0.379 bits per heavy atom. The molecule has 0 heterocycles. The summed E-state index contributed by atoms with van der Waals surface area (Å²) in [4.78, 5) is 12.5. The standard InChI is InChI=1S/C62H113NO3/c1-3-5-7-9-11-13-15-17-19-21-23-25-27-29-30-31-32-34-36-38-40-42-44-46-48-50-52-54-56-58-62(66)63-60(59-64)61(65)57-55-53-51-49-47-45-43-41-39-37-35-33-28-26-24-22-20-18-16-14-12-10-8-6-4-2/h5,7,11,13,17,19,23,25,47,49,55,57,60-61,64-65H,3-4,6,8-10,12,14-16,18,20-22,24,26-46,48,50-54,56,58-59H2,1-2H3,(H,63,66)/b7-5-,13-11-,19-17-,25-23-,49-47+,57-55+. The number of amides is 1. The zero-order valence-corrected chi connectivity index (χ0v) is 44.2. The van der Waals surface area contributed by atoms with E-state index in [1.165, 1.54) is 218 Å². The molecule has 0 saturated carbocycles. The number of hydrogen-bond acceptors (Lipinski definition) is 3. The quantitative estimate of drug-likeness (QED) is 0.0421. The highest BCUT2D eigenvalue weighted by Crippen LogP contribution is 2.17. The van der Waals surface area contributed by atoms with Gasteiger partial charge in [0.2, 0.25) is 5.91 Å². The van der Waals surface area contributed by atoms with Gasteiger partial charge in [0.05, 0.1) is 18.8 Å². The monoisotopic (exact) mass is 920 g/mol. The number of aliphatic hydroxyl groups is 2. The first-order valence-electron chi connectivity index (χ1n) is 29.2. The zero-order valence-electron chi connectivity index (χ0n) is 44.2. The molecule has 4 nitrogen and oxygen atoms in total. The van der Waals surface area contributed by atoms with Crippen molar-refractivity contribution in [1.82, 2.24) is 5.32 Å². The van der Waals surface area contributed by atoms with Gasteiger partial charge in [-0.2, -0.15) is 0 Å². The van der Waals surface area contributed by atoms with Gasteiger partial charge in [-0.05, 0) is 70.6 Å². The van der Waals surface area contributed by atoms with E-state index in [1.54, 1.807) is 6.08 Å². The highest BCUT2D eigenvalue weighted by atomic mass is 16.3. The molecule has 0 aliphatic carbocycles. The van der Waals surface area contributed by atoms with Gasteiger partial charge in [-0.1, -0.05) is 292 Å². The van der Waals surface area contributed by atoms with E-state index in [0.717, 1.165) is 57.8 Å². The molecule has 0 aromatic heterocycles. The number of unbranched alkanes of at least 4 members (excludes halogenated alkanes) is 36. The van der Waals surface area contributed by atoms with Crippen molar-refractivity contribution in [3.8, 4) is 0 Å². The van der Waals surface area contributed by atoms with Gasteiger partial charge in [0, 0.05) is 6.42 Å². The molecule has 0 aromatic rings. The van der Waals surface area contributed by atoms with Crippen molar-refractivity contribution in [3.63, 3.8) is 0 Å². The molecule has 0 aromatic carbocycles. The molecular formula is C62H113NO3. The predicted molar refractivity (Wildman–Crippen MR) is 294 cm³/mol.